The molecule has 1 aliphatic carbocycles. The predicted octanol–water partition coefficient (Wildman–Crippen LogP) is 3.15. The topological polar surface area (TPSA) is 89.0 Å². The maximum absolute atomic E-state index is 13.1. The highest BCUT2D eigenvalue weighted by Gasteiger charge is 2.54. The third-order valence-electron chi connectivity index (χ3n) is 5.92. The molecule has 3 fully saturated rings. The van der Waals surface area contributed by atoms with Gasteiger partial charge in [0, 0.05) is 44.7 Å². The number of amides is 1. The van der Waals surface area contributed by atoms with E-state index in [2.05, 4.69) is 4.98 Å². The molecule has 1 N–H and O–H groups in total. The van der Waals surface area contributed by atoms with Crippen molar-refractivity contribution >= 4 is 11.9 Å². The number of piperidine rings is 1. The molecule has 0 aromatic carbocycles. The molecule has 1 amide bonds. The first-order valence-electron chi connectivity index (χ1n) is 10.0. The van der Waals surface area contributed by atoms with Gasteiger partial charge in [0.2, 0.25) is 11.8 Å². The lowest BCUT2D eigenvalue weighted by atomic mass is 9.75. The number of alkyl halides is 5. The van der Waals surface area contributed by atoms with Crippen molar-refractivity contribution in [2.24, 2.45) is 11.3 Å². The Bertz CT molecular complexity index is 814. The van der Waals surface area contributed by atoms with E-state index in [-0.39, 0.29) is 30.3 Å². The lowest BCUT2D eigenvalue weighted by Gasteiger charge is -2.46. The highest BCUT2D eigenvalue weighted by molar-refractivity contribution is 5.80. The largest absolute Gasteiger partial charge is 0.491 e. The summed E-state index contributed by atoms with van der Waals surface area (Å²) in [4.78, 5) is 27.3. The number of nitrogens with zero attached hydrogens (tertiary/aromatic N) is 2. The summed E-state index contributed by atoms with van der Waals surface area (Å²) in [5.74, 6) is -5.42. The summed E-state index contributed by atoms with van der Waals surface area (Å²) in [7, 11) is 0. The number of fused-ring (bicyclic) bond motifs is 1. The number of ether oxygens (including phenoxy) is 2. The van der Waals surface area contributed by atoms with E-state index in [9.17, 15) is 26.7 Å². The number of aromatic nitrogens is 1. The van der Waals surface area contributed by atoms with Gasteiger partial charge in [-0.25, -0.2) is 13.6 Å². The molecule has 32 heavy (non-hydrogen) atoms. The van der Waals surface area contributed by atoms with E-state index >= 15 is 0 Å². The number of aliphatic carboxylic acids is 1. The third kappa shape index (κ3) is 5.64. The minimum atomic E-state index is -5.08. The van der Waals surface area contributed by atoms with Gasteiger partial charge < -0.3 is 19.5 Å². The first kappa shape index (κ1) is 24.1. The molecule has 178 valence electrons. The van der Waals surface area contributed by atoms with Crippen LogP contribution in [0.25, 0.3) is 0 Å². The average Bonchev–Trinajstić information content (AvgIpc) is 3.14. The van der Waals surface area contributed by atoms with Gasteiger partial charge >= 0.3 is 12.1 Å². The van der Waals surface area contributed by atoms with E-state index in [0.29, 0.717) is 32.1 Å². The SMILES string of the molecule is O=C(C1CC(F)(F)C1)N1CC[C@H]2OCC[C@@]2(COc2cccnc2)C1.O=C(O)C(F)(F)F. The molecule has 3 aliphatic rings. The average molecular weight is 466 g/mol. The standard InChI is InChI=1S/C18H22F2N2O3.C2HF3O2/c19-18(20)8-13(9-18)16(23)22-6-3-15-17(11-22,4-7-24-15)12-25-14-2-1-5-21-10-14;3-2(4,5)1(6)7/h1-2,5,10,13,15H,3-4,6-9,11-12H2;(H,6,7)/t15-,17+;/m1./s1. The van der Waals surface area contributed by atoms with Crippen LogP contribution < -0.4 is 4.74 Å². The predicted molar refractivity (Wildman–Crippen MR) is 99.1 cm³/mol. The maximum atomic E-state index is 13.1. The fourth-order valence-electron chi connectivity index (χ4n) is 4.20. The van der Waals surface area contributed by atoms with E-state index < -0.39 is 24.0 Å². The van der Waals surface area contributed by atoms with Crippen molar-refractivity contribution in [3.63, 3.8) is 0 Å². The van der Waals surface area contributed by atoms with Gasteiger partial charge in [0.05, 0.1) is 24.3 Å². The van der Waals surface area contributed by atoms with Crippen LogP contribution in [0, 0.1) is 11.3 Å². The van der Waals surface area contributed by atoms with Crippen molar-refractivity contribution in [3.05, 3.63) is 24.5 Å². The summed E-state index contributed by atoms with van der Waals surface area (Å²) in [6.45, 7) is 2.16. The second-order valence-electron chi connectivity index (χ2n) is 8.26. The second kappa shape index (κ2) is 9.16. The summed E-state index contributed by atoms with van der Waals surface area (Å²) in [6.07, 6.45) is -0.793. The molecular weight excluding hydrogens is 443 g/mol. The van der Waals surface area contributed by atoms with Gasteiger partial charge in [-0.1, -0.05) is 0 Å². The van der Waals surface area contributed by atoms with Gasteiger partial charge in [-0.2, -0.15) is 13.2 Å². The molecule has 2 saturated heterocycles. The van der Waals surface area contributed by atoms with Crippen LogP contribution in [0.3, 0.4) is 0 Å². The van der Waals surface area contributed by atoms with Gasteiger partial charge in [0.1, 0.15) is 5.75 Å². The van der Waals surface area contributed by atoms with E-state index in [1.165, 1.54) is 0 Å². The highest BCUT2D eigenvalue weighted by atomic mass is 19.4. The first-order chi connectivity index (χ1) is 14.9. The Kier molecular flexibility index (Phi) is 6.91. The lowest BCUT2D eigenvalue weighted by Crippen LogP contribution is -2.57. The van der Waals surface area contributed by atoms with Gasteiger partial charge in [0.25, 0.3) is 0 Å². The van der Waals surface area contributed by atoms with Crippen LogP contribution >= 0.6 is 0 Å². The van der Waals surface area contributed by atoms with Crippen molar-refractivity contribution in [1.82, 2.24) is 9.88 Å². The summed E-state index contributed by atoms with van der Waals surface area (Å²) in [5, 5.41) is 7.12. The van der Waals surface area contributed by atoms with Crippen LogP contribution in [0.5, 0.6) is 5.75 Å². The minimum absolute atomic E-state index is 0.0519. The molecule has 7 nitrogen and oxygen atoms in total. The summed E-state index contributed by atoms with van der Waals surface area (Å²) < 4.78 is 69.7. The van der Waals surface area contributed by atoms with Crippen LogP contribution in [0.15, 0.2) is 24.5 Å². The van der Waals surface area contributed by atoms with E-state index in [1.54, 1.807) is 17.3 Å². The van der Waals surface area contributed by atoms with Crippen molar-refractivity contribution in [3.8, 4) is 5.75 Å². The Morgan fingerprint density at radius 3 is 2.56 bits per heavy atom. The molecule has 1 saturated carbocycles. The summed E-state index contributed by atoms with van der Waals surface area (Å²) in [6, 6.07) is 3.65. The lowest BCUT2D eigenvalue weighted by molar-refractivity contribution is -0.192. The number of carboxylic acids is 1. The number of pyridine rings is 1. The number of carbonyl (C=O) groups is 2. The zero-order valence-corrected chi connectivity index (χ0v) is 17.0. The Labute approximate surface area is 180 Å². The monoisotopic (exact) mass is 466 g/mol. The van der Waals surface area contributed by atoms with Crippen LogP contribution in [0.4, 0.5) is 22.0 Å². The molecule has 0 unspecified atom stereocenters. The zero-order chi connectivity index (χ0) is 23.6. The Hall–Kier alpha value is -2.50. The molecule has 4 rings (SSSR count). The molecule has 0 bridgehead atoms. The van der Waals surface area contributed by atoms with Crippen LogP contribution in [-0.2, 0) is 14.3 Å². The van der Waals surface area contributed by atoms with Crippen molar-refractivity contribution in [1.29, 1.82) is 0 Å². The van der Waals surface area contributed by atoms with E-state index in [1.807, 2.05) is 12.1 Å². The van der Waals surface area contributed by atoms with Crippen LogP contribution in [0.1, 0.15) is 25.7 Å². The molecule has 0 spiro atoms. The quantitative estimate of drug-likeness (QED) is 0.686. The van der Waals surface area contributed by atoms with Gasteiger partial charge in [0.15, 0.2) is 0 Å². The molecular formula is C20H23F5N2O5. The number of rotatable bonds is 4. The maximum Gasteiger partial charge on any atom is 0.490 e. The van der Waals surface area contributed by atoms with Gasteiger partial charge in [-0.15, -0.1) is 0 Å². The first-order valence-corrected chi connectivity index (χ1v) is 10.0. The molecule has 0 radical (unpaired) electrons. The van der Waals surface area contributed by atoms with E-state index in [4.69, 9.17) is 19.4 Å². The Balaban J connectivity index is 0.000000360. The molecule has 2 aliphatic heterocycles. The number of carbonyl (C=O) groups excluding carboxylic acids is 1. The third-order valence-corrected chi connectivity index (χ3v) is 5.92. The Morgan fingerprint density at radius 2 is 2.00 bits per heavy atom. The molecule has 12 heteroatoms. The molecule has 1 aromatic heterocycles. The number of hydrogen-bond donors (Lipinski definition) is 1. The normalized spacial score (nSPS) is 26.9. The van der Waals surface area contributed by atoms with Crippen molar-refractivity contribution in [2.45, 2.75) is 43.9 Å². The number of carboxylic acid groups (broad SMARTS) is 1. The zero-order valence-electron chi connectivity index (χ0n) is 17.0. The van der Waals surface area contributed by atoms with Gasteiger partial charge in [-0.05, 0) is 25.0 Å². The molecule has 1 aromatic rings. The highest BCUT2D eigenvalue weighted by Crippen LogP contribution is 2.46. The second-order valence-corrected chi connectivity index (χ2v) is 8.26. The van der Waals surface area contributed by atoms with Crippen molar-refractivity contribution in [2.75, 3.05) is 26.3 Å². The molecule has 3 heterocycles. The smallest absolute Gasteiger partial charge is 0.490 e. The molecule has 2 atom stereocenters. The Morgan fingerprint density at radius 1 is 1.31 bits per heavy atom. The number of likely N-dealkylation sites (tertiary alicyclic amines) is 1. The summed E-state index contributed by atoms with van der Waals surface area (Å²) >= 11 is 0. The summed E-state index contributed by atoms with van der Waals surface area (Å²) in [5.41, 5.74) is -0.268. The van der Waals surface area contributed by atoms with Crippen molar-refractivity contribution < 1.29 is 46.1 Å². The van der Waals surface area contributed by atoms with E-state index in [0.717, 1.165) is 12.8 Å². The van der Waals surface area contributed by atoms with Gasteiger partial charge in [-0.3, -0.25) is 9.78 Å². The van der Waals surface area contributed by atoms with Crippen LogP contribution in [0.2, 0.25) is 0 Å². The number of halogens is 5. The minimum Gasteiger partial charge on any atom is -0.491 e. The van der Waals surface area contributed by atoms with Crippen LogP contribution in [-0.4, -0.2) is 71.4 Å². The number of hydrogen-bond acceptors (Lipinski definition) is 5. The fraction of sp³-hybridized carbons (Fsp3) is 0.650. The fourth-order valence-corrected chi connectivity index (χ4v) is 4.20.